The van der Waals surface area contributed by atoms with E-state index in [2.05, 4.69) is 65.8 Å². The zero-order valence-electron chi connectivity index (χ0n) is 82.4. The molecule has 12 nitrogen and oxygen atoms in total. The van der Waals surface area contributed by atoms with Gasteiger partial charge in [0.15, 0.2) is 12.2 Å². The Morgan fingerprint density at radius 3 is 0.410 bits per heavy atom. The second kappa shape index (κ2) is 106. The topological polar surface area (TPSA) is 158 Å². The summed E-state index contributed by atoms with van der Waals surface area (Å²) in [5.41, 5.74) is 0. The van der Waals surface area contributed by atoms with Gasteiger partial charge in [0.05, 0.1) is 0 Å². The van der Waals surface area contributed by atoms with Gasteiger partial charge in [-0.3, -0.25) is 28.8 Å². The van der Waals surface area contributed by atoms with Gasteiger partial charge in [0, 0.05) is 38.5 Å². The largest absolute Gasteiger partial charge is 0.462 e. The highest BCUT2D eigenvalue weighted by molar-refractivity contribution is 5.72. The minimum Gasteiger partial charge on any atom is -0.462 e. The number of hydrogen-bond donors (Lipinski definition) is 0. The Morgan fingerprint density at radius 1 is 0.156 bits per heavy atom. The summed E-state index contributed by atoms with van der Waals surface area (Å²) < 4.78 is 33.7. The molecule has 122 heavy (non-hydrogen) atoms. The monoisotopic (exact) mass is 1720 g/mol. The van der Waals surface area contributed by atoms with Crippen molar-refractivity contribution < 1.29 is 57.2 Å². The van der Waals surface area contributed by atoms with Gasteiger partial charge in [-0.15, -0.1) is 0 Å². The molecule has 0 rings (SSSR count). The minimum absolute atomic E-state index is 0.0677. The van der Waals surface area contributed by atoms with Gasteiger partial charge in [-0.25, -0.2) is 0 Å². The summed E-state index contributed by atoms with van der Waals surface area (Å²) >= 11 is 0. The van der Waals surface area contributed by atoms with Crippen molar-refractivity contribution in [1.82, 2.24) is 0 Å². The lowest BCUT2D eigenvalue weighted by atomic mass is 10.0. The first-order valence-electron chi connectivity index (χ1n) is 54.4. The molecule has 0 aliphatic carbocycles. The van der Waals surface area contributed by atoms with Crippen LogP contribution in [0.3, 0.4) is 0 Å². The summed E-state index contributed by atoms with van der Waals surface area (Å²) in [4.78, 5) is 76.0. The fourth-order valence-electron chi connectivity index (χ4n) is 16.3. The predicted molar refractivity (Wildman–Crippen MR) is 522 cm³/mol. The third kappa shape index (κ3) is 103. The highest BCUT2D eigenvalue weighted by Crippen LogP contribution is 2.22. The average molecular weight is 1720 g/mol. The van der Waals surface area contributed by atoms with E-state index in [-0.39, 0.29) is 62.2 Å². The molecule has 12 heteroatoms. The zero-order valence-corrected chi connectivity index (χ0v) is 82.4. The predicted octanol–water partition coefficient (Wildman–Crippen LogP) is 35.5. The van der Waals surface area contributed by atoms with Crippen LogP contribution in [0.25, 0.3) is 0 Å². The van der Waals surface area contributed by atoms with Crippen molar-refractivity contribution in [2.45, 2.75) is 619 Å². The first kappa shape index (κ1) is 120. The molecule has 0 radical (unpaired) electrons. The quantitative estimate of drug-likeness (QED) is 0.0246. The van der Waals surface area contributed by atoms with Crippen molar-refractivity contribution in [2.75, 3.05) is 26.4 Å². The summed E-state index contributed by atoms with van der Waals surface area (Å²) in [6, 6.07) is 0. The van der Waals surface area contributed by atoms with E-state index in [9.17, 15) is 28.8 Å². The van der Waals surface area contributed by atoms with Gasteiger partial charge in [0.2, 0.25) is 0 Å². The van der Waals surface area contributed by atoms with Crippen LogP contribution < -0.4 is 0 Å². The first-order valence-corrected chi connectivity index (χ1v) is 54.4. The van der Waals surface area contributed by atoms with Crippen molar-refractivity contribution in [3.05, 3.63) is 24.3 Å². The molecular formula is C110H208O12. The maximum atomic E-state index is 12.8. The maximum Gasteiger partial charge on any atom is 0.306 e. The Bertz CT molecular complexity index is 2040. The Kier molecular flexibility index (Phi) is 105. The van der Waals surface area contributed by atoms with Crippen LogP contribution in [0.4, 0.5) is 0 Å². The summed E-state index contributed by atoms with van der Waals surface area (Å²) in [5, 5.41) is 0. The molecule has 0 amide bonds. The van der Waals surface area contributed by atoms with Gasteiger partial charge in [0.25, 0.3) is 0 Å². The second-order valence-corrected chi connectivity index (χ2v) is 37.0. The SMILES string of the molecule is CCCCCCCC/C=C\CCCCCCCC(=O)OC(COC(=O)CCCCCCCCCCCCCCC)COC(=O)CCCCCCCCCCCCCCCCC.CCCCCCCC/C=C\CCCCCCCC(=O)OC(COC(=O)CCCCCCCCCCCCCCC)COC(=O)CCCCCCCCCCCCCCCCC. The number of carbonyl (C=O) groups is 6. The van der Waals surface area contributed by atoms with Crippen molar-refractivity contribution in [2.24, 2.45) is 0 Å². The summed E-state index contributed by atoms with van der Waals surface area (Å²) in [6.45, 7) is 13.3. The van der Waals surface area contributed by atoms with Crippen LogP contribution in [0.1, 0.15) is 607 Å². The molecule has 0 heterocycles. The van der Waals surface area contributed by atoms with Crippen LogP contribution in [-0.2, 0) is 57.2 Å². The molecule has 2 atom stereocenters. The van der Waals surface area contributed by atoms with Crippen LogP contribution in [0.5, 0.6) is 0 Å². The molecule has 0 N–H and O–H groups in total. The van der Waals surface area contributed by atoms with Crippen LogP contribution in [-0.4, -0.2) is 74.5 Å². The average Bonchev–Trinajstić information content (AvgIpc) is 0.945. The van der Waals surface area contributed by atoms with E-state index in [1.807, 2.05) is 0 Å². The molecule has 0 bridgehead atoms. The Hall–Kier alpha value is -3.70. The molecule has 0 saturated carbocycles. The minimum atomic E-state index is -0.767. The van der Waals surface area contributed by atoms with Gasteiger partial charge in [-0.1, -0.05) is 502 Å². The van der Waals surface area contributed by atoms with Crippen molar-refractivity contribution in [1.29, 1.82) is 0 Å². The number of esters is 6. The highest BCUT2D eigenvalue weighted by atomic mass is 16.6. The number of carbonyl (C=O) groups excluding carboxylic acids is 6. The molecule has 0 aliphatic heterocycles. The number of unbranched alkanes of at least 4 members (excludes halogenated alkanes) is 74. The van der Waals surface area contributed by atoms with E-state index in [1.165, 1.54) is 398 Å². The molecular weight excluding hydrogens is 1510 g/mol. The molecule has 0 aromatic carbocycles. The molecule has 720 valence electrons. The Morgan fingerprint density at radius 2 is 0.270 bits per heavy atom. The Balaban J connectivity index is 0. The fourth-order valence-corrected chi connectivity index (χ4v) is 16.3. The van der Waals surface area contributed by atoms with Crippen molar-refractivity contribution in [3.8, 4) is 0 Å². The molecule has 2 unspecified atom stereocenters. The van der Waals surface area contributed by atoms with Gasteiger partial charge in [0.1, 0.15) is 26.4 Å². The normalized spacial score (nSPS) is 12.0. The van der Waals surface area contributed by atoms with Gasteiger partial charge in [-0.05, 0) is 89.9 Å². The van der Waals surface area contributed by atoms with Crippen LogP contribution in [0, 0.1) is 0 Å². The fraction of sp³-hybridized carbons (Fsp3) is 0.909. The van der Waals surface area contributed by atoms with Gasteiger partial charge in [-0.2, -0.15) is 0 Å². The third-order valence-corrected chi connectivity index (χ3v) is 24.5. The number of ether oxygens (including phenoxy) is 6. The lowest BCUT2D eigenvalue weighted by molar-refractivity contribution is -0.167. The standard InChI is InChI=1S/2C55H104O6/c2*1-4-7-10-13-16-19-22-25-27-30-33-36-39-42-45-48-54(57)60-51-52(50-59-53(56)47-44-41-38-35-32-29-24-21-18-15-12-9-6-3)61-55(58)49-46-43-40-37-34-31-28-26-23-20-17-14-11-8-5-2/h2*26,28,52H,4-25,27,29-51H2,1-3H3/b2*28-26-. The van der Waals surface area contributed by atoms with E-state index in [0.717, 1.165) is 128 Å². The van der Waals surface area contributed by atoms with E-state index in [1.54, 1.807) is 0 Å². The lowest BCUT2D eigenvalue weighted by Gasteiger charge is -2.18. The van der Waals surface area contributed by atoms with E-state index in [0.29, 0.717) is 38.5 Å². The molecule has 0 aromatic rings. The van der Waals surface area contributed by atoms with Crippen molar-refractivity contribution in [3.63, 3.8) is 0 Å². The summed E-state index contributed by atoms with van der Waals surface area (Å²) in [6.07, 6.45) is 112. The number of rotatable bonds is 100. The summed E-state index contributed by atoms with van der Waals surface area (Å²) in [7, 11) is 0. The van der Waals surface area contributed by atoms with Gasteiger partial charge < -0.3 is 28.4 Å². The van der Waals surface area contributed by atoms with Crippen LogP contribution >= 0.6 is 0 Å². The summed E-state index contributed by atoms with van der Waals surface area (Å²) in [5.74, 6) is -1.71. The maximum absolute atomic E-state index is 12.8. The van der Waals surface area contributed by atoms with Crippen molar-refractivity contribution >= 4 is 35.8 Å². The highest BCUT2D eigenvalue weighted by Gasteiger charge is 2.22. The smallest absolute Gasteiger partial charge is 0.306 e. The van der Waals surface area contributed by atoms with Gasteiger partial charge >= 0.3 is 35.8 Å². The zero-order chi connectivity index (χ0) is 88.7. The van der Waals surface area contributed by atoms with E-state index in [4.69, 9.17) is 28.4 Å². The van der Waals surface area contributed by atoms with Crippen LogP contribution in [0.2, 0.25) is 0 Å². The molecule has 0 aromatic heterocycles. The molecule has 0 spiro atoms. The molecule has 0 aliphatic rings. The van der Waals surface area contributed by atoms with Crippen LogP contribution in [0.15, 0.2) is 24.3 Å². The molecule has 0 saturated heterocycles. The van der Waals surface area contributed by atoms with E-state index < -0.39 is 12.2 Å². The molecule has 0 fully saturated rings. The second-order valence-electron chi connectivity index (χ2n) is 37.0. The third-order valence-electron chi connectivity index (χ3n) is 24.5. The number of allylic oxidation sites excluding steroid dienone is 4. The van der Waals surface area contributed by atoms with E-state index >= 15 is 0 Å². The Labute approximate surface area is 758 Å². The first-order chi connectivity index (χ1) is 60.1. The lowest BCUT2D eigenvalue weighted by Crippen LogP contribution is -2.30. The number of hydrogen-bond acceptors (Lipinski definition) is 12.